The number of hydrogen-bond acceptors (Lipinski definition) is 3. The number of amides is 1. The lowest BCUT2D eigenvalue weighted by Crippen LogP contribution is -2.34. The highest BCUT2D eigenvalue weighted by Gasteiger charge is 2.16. The van der Waals surface area contributed by atoms with Crippen molar-refractivity contribution in [2.24, 2.45) is 11.8 Å². The van der Waals surface area contributed by atoms with Gasteiger partial charge in [0.1, 0.15) is 5.82 Å². The first-order chi connectivity index (χ1) is 9.93. The van der Waals surface area contributed by atoms with Gasteiger partial charge in [-0.2, -0.15) is 0 Å². The first kappa shape index (κ1) is 17.5. The van der Waals surface area contributed by atoms with Crippen LogP contribution in [0.1, 0.15) is 50.9 Å². The van der Waals surface area contributed by atoms with Crippen LogP contribution in [0.3, 0.4) is 0 Å². The van der Waals surface area contributed by atoms with Crippen molar-refractivity contribution in [1.82, 2.24) is 9.88 Å². The molecule has 1 N–H and O–H groups in total. The Bertz CT molecular complexity index is 414. The number of carbonyl (C=O) groups excluding carboxylic acids is 1. The third-order valence-corrected chi connectivity index (χ3v) is 3.51. The highest BCUT2D eigenvalue weighted by molar-refractivity contribution is 5.94. The second-order valence-corrected chi connectivity index (χ2v) is 6.34. The second-order valence-electron chi connectivity index (χ2n) is 6.34. The normalized spacial score (nSPS) is 11.0. The Labute approximate surface area is 129 Å². The Morgan fingerprint density at radius 1 is 1.14 bits per heavy atom. The second kappa shape index (κ2) is 8.65. The van der Waals surface area contributed by atoms with Gasteiger partial charge in [0.25, 0.3) is 5.91 Å². The quantitative estimate of drug-likeness (QED) is 0.795. The zero-order chi connectivity index (χ0) is 15.8. The summed E-state index contributed by atoms with van der Waals surface area (Å²) in [6.07, 6.45) is 3.73. The molecule has 0 fully saturated rings. The molecule has 1 aromatic rings. The van der Waals surface area contributed by atoms with Gasteiger partial charge in [-0.05, 0) is 36.8 Å². The molecule has 0 saturated carbocycles. The summed E-state index contributed by atoms with van der Waals surface area (Å²) in [6.45, 7) is 10.4. The molecule has 0 aliphatic carbocycles. The first-order valence-corrected chi connectivity index (χ1v) is 7.87. The molecule has 0 spiro atoms. The van der Waals surface area contributed by atoms with Crippen LogP contribution in [0.15, 0.2) is 18.3 Å². The van der Waals surface area contributed by atoms with Gasteiger partial charge in [0.05, 0.1) is 5.56 Å². The van der Waals surface area contributed by atoms with Crippen molar-refractivity contribution in [1.29, 1.82) is 0 Å². The molecule has 1 heterocycles. The van der Waals surface area contributed by atoms with E-state index >= 15 is 0 Å². The van der Waals surface area contributed by atoms with E-state index in [-0.39, 0.29) is 5.91 Å². The fourth-order valence-electron chi connectivity index (χ4n) is 1.99. The predicted molar refractivity (Wildman–Crippen MR) is 88.6 cm³/mol. The number of carbonyl (C=O) groups is 1. The maximum Gasteiger partial charge on any atom is 0.255 e. The average molecular weight is 291 g/mol. The van der Waals surface area contributed by atoms with Gasteiger partial charge in [0, 0.05) is 26.3 Å². The molecule has 0 aromatic carbocycles. The SMILES string of the molecule is CNc1ccc(C(=O)N(CCC(C)C)CCC(C)C)cn1. The van der Waals surface area contributed by atoms with Crippen molar-refractivity contribution >= 4 is 11.7 Å². The van der Waals surface area contributed by atoms with Crippen molar-refractivity contribution in [3.05, 3.63) is 23.9 Å². The molecule has 1 aromatic heterocycles. The van der Waals surface area contributed by atoms with Gasteiger partial charge in [-0.1, -0.05) is 27.7 Å². The Kier molecular flexibility index (Phi) is 7.20. The van der Waals surface area contributed by atoms with Crippen LogP contribution in [0.5, 0.6) is 0 Å². The van der Waals surface area contributed by atoms with Gasteiger partial charge in [-0.25, -0.2) is 4.98 Å². The lowest BCUT2D eigenvalue weighted by Gasteiger charge is -2.24. The van der Waals surface area contributed by atoms with Crippen LogP contribution in [0.4, 0.5) is 5.82 Å². The summed E-state index contributed by atoms with van der Waals surface area (Å²) in [5, 5.41) is 2.97. The monoisotopic (exact) mass is 291 g/mol. The lowest BCUT2D eigenvalue weighted by atomic mass is 10.1. The van der Waals surface area contributed by atoms with Gasteiger partial charge in [-0.15, -0.1) is 0 Å². The molecule has 0 aliphatic heterocycles. The average Bonchev–Trinajstić information content (AvgIpc) is 2.46. The first-order valence-electron chi connectivity index (χ1n) is 7.87. The van der Waals surface area contributed by atoms with E-state index in [1.165, 1.54) is 0 Å². The summed E-state index contributed by atoms with van der Waals surface area (Å²) in [5.74, 6) is 2.07. The summed E-state index contributed by atoms with van der Waals surface area (Å²) in [7, 11) is 1.82. The van der Waals surface area contributed by atoms with Crippen LogP contribution in [-0.4, -0.2) is 35.9 Å². The number of anilines is 1. The minimum atomic E-state index is 0.0893. The van der Waals surface area contributed by atoms with Crippen LogP contribution in [0, 0.1) is 11.8 Å². The van der Waals surface area contributed by atoms with E-state index in [2.05, 4.69) is 38.0 Å². The van der Waals surface area contributed by atoms with Gasteiger partial charge >= 0.3 is 0 Å². The number of nitrogens with one attached hydrogen (secondary N) is 1. The van der Waals surface area contributed by atoms with E-state index in [0.717, 1.165) is 31.7 Å². The molecule has 4 heteroatoms. The number of rotatable bonds is 8. The van der Waals surface area contributed by atoms with Gasteiger partial charge < -0.3 is 10.2 Å². The molecule has 0 bridgehead atoms. The molecule has 0 unspecified atom stereocenters. The third kappa shape index (κ3) is 6.15. The molecule has 0 saturated heterocycles. The van der Waals surface area contributed by atoms with E-state index in [0.29, 0.717) is 17.4 Å². The minimum Gasteiger partial charge on any atom is -0.373 e. The van der Waals surface area contributed by atoms with E-state index in [4.69, 9.17) is 0 Å². The largest absolute Gasteiger partial charge is 0.373 e. The van der Waals surface area contributed by atoms with Crippen molar-refractivity contribution < 1.29 is 4.79 Å². The number of nitrogens with zero attached hydrogens (tertiary/aromatic N) is 2. The maximum atomic E-state index is 12.6. The molecule has 0 atom stereocenters. The van der Waals surface area contributed by atoms with Gasteiger partial charge in [0.2, 0.25) is 0 Å². The summed E-state index contributed by atoms with van der Waals surface area (Å²) < 4.78 is 0. The molecular formula is C17H29N3O. The highest BCUT2D eigenvalue weighted by Crippen LogP contribution is 2.12. The Morgan fingerprint density at radius 2 is 1.71 bits per heavy atom. The third-order valence-electron chi connectivity index (χ3n) is 3.51. The zero-order valence-electron chi connectivity index (χ0n) is 14.0. The molecule has 0 radical (unpaired) electrons. The number of hydrogen-bond donors (Lipinski definition) is 1. The van der Waals surface area contributed by atoms with E-state index in [9.17, 15) is 4.79 Å². The van der Waals surface area contributed by atoms with Crippen LogP contribution in [0.25, 0.3) is 0 Å². The Hall–Kier alpha value is -1.58. The minimum absolute atomic E-state index is 0.0893. The molecule has 0 aliphatic rings. The van der Waals surface area contributed by atoms with Crippen LogP contribution < -0.4 is 5.32 Å². The van der Waals surface area contributed by atoms with Crippen LogP contribution in [-0.2, 0) is 0 Å². The number of aromatic nitrogens is 1. The highest BCUT2D eigenvalue weighted by atomic mass is 16.2. The Morgan fingerprint density at radius 3 is 2.10 bits per heavy atom. The van der Waals surface area contributed by atoms with Crippen molar-refractivity contribution in [2.75, 3.05) is 25.5 Å². The summed E-state index contributed by atoms with van der Waals surface area (Å²) in [4.78, 5) is 18.8. The van der Waals surface area contributed by atoms with Crippen molar-refractivity contribution in [3.63, 3.8) is 0 Å². The predicted octanol–water partition coefficient (Wildman–Crippen LogP) is 3.66. The van der Waals surface area contributed by atoms with Gasteiger partial charge in [-0.3, -0.25) is 4.79 Å². The topological polar surface area (TPSA) is 45.2 Å². The summed E-state index contributed by atoms with van der Waals surface area (Å²) in [6, 6.07) is 3.69. The standard InChI is InChI=1S/C17H29N3O/c1-13(2)8-10-20(11-9-14(3)4)17(21)15-6-7-16(18-5)19-12-15/h6-7,12-14H,8-11H2,1-5H3,(H,18,19). The van der Waals surface area contributed by atoms with Gasteiger partial charge in [0.15, 0.2) is 0 Å². The van der Waals surface area contributed by atoms with Crippen molar-refractivity contribution in [3.8, 4) is 0 Å². The van der Waals surface area contributed by atoms with Crippen molar-refractivity contribution in [2.45, 2.75) is 40.5 Å². The van der Waals surface area contributed by atoms with Crippen LogP contribution in [0.2, 0.25) is 0 Å². The number of pyridine rings is 1. The molecular weight excluding hydrogens is 262 g/mol. The fourth-order valence-corrected chi connectivity index (χ4v) is 1.99. The van der Waals surface area contributed by atoms with E-state index in [1.807, 2.05) is 24.1 Å². The molecule has 1 rings (SSSR count). The van der Waals surface area contributed by atoms with Crippen LogP contribution >= 0.6 is 0 Å². The maximum absolute atomic E-state index is 12.6. The fraction of sp³-hybridized carbons (Fsp3) is 0.647. The summed E-state index contributed by atoms with van der Waals surface area (Å²) in [5.41, 5.74) is 0.668. The van der Waals surface area contributed by atoms with E-state index < -0.39 is 0 Å². The molecule has 118 valence electrons. The Balaban J connectivity index is 2.75. The zero-order valence-corrected chi connectivity index (χ0v) is 14.0. The smallest absolute Gasteiger partial charge is 0.255 e. The molecule has 1 amide bonds. The van der Waals surface area contributed by atoms with E-state index in [1.54, 1.807) is 6.20 Å². The molecule has 21 heavy (non-hydrogen) atoms. The lowest BCUT2D eigenvalue weighted by molar-refractivity contribution is 0.0740. The molecule has 4 nitrogen and oxygen atoms in total. The summed E-state index contributed by atoms with van der Waals surface area (Å²) >= 11 is 0.